The van der Waals surface area contributed by atoms with Gasteiger partial charge in [-0.1, -0.05) is 12.1 Å². The van der Waals surface area contributed by atoms with E-state index < -0.39 is 0 Å². The van der Waals surface area contributed by atoms with E-state index in [4.69, 9.17) is 0 Å². The van der Waals surface area contributed by atoms with Crippen molar-refractivity contribution in [1.29, 1.82) is 0 Å². The van der Waals surface area contributed by atoms with E-state index in [0.29, 0.717) is 0 Å². The van der Waals surface area contributed by atoms with Gasteiger partial charge in [0.25, 0.3) is 0 Å². The Hall–Kier alpha value is -0.0800. The molecule has 14 heavy (non-hydrogen) atoms. The van der Waals surface area contributed by atoms with Crippen LogP contribution < -0.4 is 0 Å². The van der Waals surface area contributed by atoms with Crippen LogP contribution in [0.1, 0.15) is 35.1 Å². The first-order valence-electron chi connectivity index (χ1n) is 5.21. The summed E-state index contributed by atoms with van der Waals surface area (Å²) in [6.07, 6.45) is 5.16. The molecule has 0 fully saturated rings. The highest BCUT2D eigenvalue weighted by molar-refractivity contribution is 7.79. The van der Waals surface area contributed by atoms with Gasteiger partial charge < -0.3 is 0 Å². The fourth-order valence-corrected chi connectivity index (χ4v) is 2.91. The molecule has 0 saturated carbocycles. The Kier molecular flexibility index (Phi) is 3.45. The van der Waals surface area contributed by atoms with Crippen LogP contribution in [0.3, 0.4) is 0 Å². The number of fused-ring (bicyclic) bond motifs is 1. The molecule has 2 heteroatoms. The Morgan fingerprint density at radius 1 is 0.857 bits per heavy atom. The van der Waals surface area contributed by atoms with Gasteiger partial charge >= 0.3 is 0 Å². The average Bonchev–Trinajstić information content (AvgIpc) is 2.27. The monoisotopic (exact) mass is 224 g/mol. The summed E-state index contributed by atoms with van der Waals surface area (Å²) in [5, 5.41) is 0. The summed E-state index contributed by atoms with van der Waals surface area (Å²) in [5.74, 6) is 1.74. The van der Waals surface area contributed by atoms with Crippen LogP contribution in [0, 0.1) is 0 Å². The molecule has 0 radical (unpaired) electrons. The van der Waals surface area contributed by atoms with Gasteiger partial charge in [-0.3, -0.25) is 0 Å². The largest absolute Gasteiger partial charge is 0.175 e. The molecule has 2 rings (SSSR count). The third-order valence-electron chi connectivity index (χ3n) is 3.07. The predicted molar refractivity (Wildman–Crippen MR) is 68.5 cm³/mol. The third-order valence-corrected chi connectivity index (χ3v) is 3.75. The number of benzene rings is 1. The van der Waals surface area contributed by atoms with Gasteiger partial charge in [-0.05, 0) is 47.9 Å². The lowest BCUT2D eigenvalue weighted by Gasteiger charge is -2.21. The molecule has 0 unspecified atom stereocenters. The quantitative estimate of drug-likeness (QED) is 0.707. The summed E-state index contributed by atoms with van der Waals surface area (Å²) in [5.41, 5.74) is 5.98. The van der Waals surface area contributed by atoms with E-state index in [-0.39, 0.29) is 0 Å². The highest BCUT2D eigenvalue weighted by Crippen LogP contribution is 2.29. The summed E-state index contributed by atoms with van der Waals surface area (Å²) in [6.45, 7) is 0. The summed E-state index contributed by atoms with van der Waals surface area (Å²) < 4.78 is 0. The first-order valence-corrected chi connectivity index (χ1v) is 6.47. The maximum Gasteiger partial charge on any atom is 0.0157 e. The van der Waals surface area contributed by atoms with Crippen molar-refractivity contribution in [2.75, 3.05) is 0 Å². The number of rotatable bonds is 2. The topological polar surface area (TPSA) is 0 Å². The molecular formula is C12H16S2. The molecule has 0 atom stereocenters. The van der Waals surface area contributed by atoms with Crippen molar-refractivity contribution in [2.24, 2.45) is 0 Å². The van der Waals surface area contributed by atoms with Crippen LogP contribution >= 0.6 is 25.3 Å². The summed E-state index contributed by atoms with van der Waals surface area (Å²) in [4.78, 5) is 0. The summed E-state index contributed by atoms with van der Waals surface area (Å²) >= 11 is 8.78. The van der Waals surface area contributed by atoms with Gasteiger partial charge in [0.2, 0.25) is 0 Å². The molecule has 1 aliphatic carbocycles. The average molecular weight is 224 g/mol. The normalized spacial score (nSPS) is 15.3. The van der Waals surface area contributed by atoms with Crippen molar-refractivity contribution in [3.05, 3.63) is 34.4 Å². The predicted octanol–water partition coefficient (Wildman–Crippen LogP) is 3.43. The molecular weight excluding hydrogens is 208 g/mol. The van der Waals surface area contributed by atoms with Crippen LogP contribution in [0.4, 0.5) is 0 Å². The highest BCUT2D eigenvalue weighted by atomic mass is 32.1. The second-order valence-electron chi connectivity index (χ2n) is 3.86. The lowest BCUT2D eigenvalue weighted by Crippen LogP contribution is -2.08. The third kappa shape index (κ3) is 1.82. The minimum Gasteiger partial charge on any atom is -0.175 e. The molecule has 0 saturated heterocycles. The summed E-state index contributed by atoms with van der Waals surface area (Å²) in [7, 11) is 0. The van der Waals surface area contributed by atoms with Crippen LogP contribution in [0.25, 0.3) is 0 Å². The molecule has 0 spiro atoms. The van der Waals surface area contributed by atoms with Crippen molar-refractivity contribution in [1.82, 2.24) is 0 Å². The van der Waals surface area contributed by atoms with Crippen LogP contribution in [0.5, 0.6) is 0 Å². The Morgan fingerprint density at radius 2 is 1.29 bits per heavy atom. The zero-order valence-corrected chi connectivity index (χ0v) is 10.1. The van der Waals surface area contributed by atoms with Crippen LogP contribution in [0.2, 0.25) is 0 Å². The van der Waals surface area contributed by atoms with Gasteiger partial charge in [-0.2, -0.15) is 25.3 Å². The molecule has 0 N–H and O–H groups in total. The first kappa shape index (κ1) is 10.4. The smallest absolute Gasteiger partial charge is 0.0157 e. The van der Waals surface area contributed by atoms with Crippen LogP contribution in [-0.4, -0.2) is 0 Å². The lowest BCUT2D eigenvalue weighted by atomic mass is 9.86. The number of thiol groups is 2. The van der Waals surface area contributed by atoms with Gasteiger partial charge in [0, 0.05) is 11.5 Å². The minimum atomic E-state index is 0.870. The van der Waals surface area contributed by atoms with Crippen molar-refractivity contribution in [2.45, 2.75) is 37.2 Å². The van der Waals surface area contributed by atoms with E-state index >= 15 is 0 Å². The van der Waals surface area contributed by atoms with Crippen LogP contribution in [-0.2, 0) is 24.3 Å². The fourth-order valence-electron chi connectivity index (χ4n) is 2.31. The van der Waals surface area contributed by atoms with Gasteiger partial charge in [0.1, 0.15) is 0 Å². The maximum absolute atomic E-state index is 4.39. The number of hydrogen-bond acceptors (Lipinski definition) is 2. The first-order chi connectivity index (χ1) is 6.86. The Bertz CT molecular complexity index is 298. The zero-order valence-electron chi connectivity index (χ0n) is 8.29. The molecule has 0 amide bonds. The molecule has 76 valence electrons. The molecule has 0 heterocycles. The minimum absolute atomic E-state index is 0.870. The van der Waals surface area contributed by atoms with Gasteiger partial charge in [-0.15, -0.1) is 0 Å². The second kappa shape index (κ2) is 4.63. The molecule has 0 aliphatic heterocycles. The van der Waals surface area contributed by atoms with E-state index in [1.165, 1.54) is 36.8 Å². The molecule has 1 aromatic carbocycles. The van der Waals surface area contributed by atoms with E-state index in [2.05, 4.69) is 37.4 Å². The van der Waals surface area contributed by atoms with E-state index in [9.17, 15) is 0 Å². The van der Waals surface area contributed by atoms with Gasteiger partial charge in [0.05, 0.1) is 0 Å². The van der Waals surface area contributed by atoms with E-state index in [1.54, 1.807) is 11.1 Å². The maximum atomic E-state index is 4.39. The molecule has 1 aromatic rings. The highest BCUT2D eigenvalue weighted by Gasteiger charge is 2.15. The standard InChI is InChI=1S/C12H16S2/c13-7-9-5-6-10(8-14)12-4-2-1-3-11(9)12/h5-6,13-14H,1-4,7-8H2. The van der Waals surface area contributed by atoms with Crippen molar-refractivity contribution in [3.8, 4) is 0 Å². The van der Waals surface area contributed by atoms with Gasteiger partial charge in [-0.25, -0.2) is 0 Å². The van der Waals surface area contributed by atoms with Crippen molar-refractivity contribution >= 4 is 25.3 Å². The van der Waals surface area contributed by atoms with Crippen molar-refractivity contribution < 1.29 is 0 Å². The molecule has 0 aromatic heterocycles. The van der Waals surface area contributed by atoms with E-state index in [1.807, 2.05) is 0 Å². The number of hydrogen-bond donors (Lipinski definition) is 2. The van der Waals surface area contributed by atoms with Crippen LogP contribution in [0.15, 0.2) is 12.1 Å². The van der Waals surface area contributed by atoms with E-state index in [0.717, 1.165) is 11.5 Å². The fraction of sp³-hybridized carbons (Fsp3) is 0.500. The molecule has 0 bridgehead atoms. The lowest BCUT2D eigenvalue weighted by molar-refractivity contribution is 0.677. The SMILES string of the molecule is SCc1ccc(CS)c2c1CCCC2. The second-order valence-corrected chi connectivity index (χ2v) is 4.50. The molecule has 0 nitrogen and oxygen atoms in total. The summed E-state index contributed by atoms with van der Waals surface area (Å²) in [6, 6.07) is 4.45. The Labute approximate surface area is 96.9 Å². The van der Waals surface area contributed by atoms with Crippen molar-refractivity contribution in [3.63, 3.8) is 0 Å². The van der Waals surface area contributed by atoms with Gasteiger partial charge in [0.15, 0.2) is 0 Å². The Morgan fingerprint density at radius 3 is 1.64 bits per heavy atom. The zero-order chi connectivity index (χ0) is 9.97. The molecule has 1 aliphatic rings. The Balaban J connectivity index is 2.50.